The van der Waals surface area contributed by atoms with Crippen molar-refractivity contribution in [2.75, 3.05) is 15.4 Å². The van der Waals surface area contributed by atoms with Gasteiger partial charge in [0.25, 0.3) is 5.91 Å². The van der Waals surface area contributed by atoms with Crippen molar-refractivity contribution < 1.29 is 22.7 Å². The van der Waals surface area contributed by atoms with E-state index < -0.39 is 27.3 Å². The second-order valence-electron chi connectivity index (χ2n) is 8.15. The molecule has 32 heavy (non-hydrogen) atoms. The summed E-state index contributed by atoms with van der Waals surface area (Å²) >= 11 is 0. The number of benzene rings is 3. The quantitative estimate of drug-likeness (QED) is 0.621. The average Bonchev–Trinajstić information content (AvgIpc) is 2.92. The Morgan fingerprint density at radius 1 is 0.938 bits per heavy atom. The molecule has 0 saturated carbocycles. The van der Waals surface area contributed by atoms with Gasteiger partial charge in [0.2, 0.25) is 15.9 Å². The van der Waals surface area contributed by atoms with Crippen LogP contribution in [0, 0.1) is 5.41 Å². The summed E-state index contributed by atoms with van der Waals surface area (Å²) in [5.74, 6) is 0.121. The van der Waals surface area contributed by atoms with Gasteiger partial charge in [-0.3, -0.25) is 9.59 Å². The van der Waals surface area contributed by atoms with Gasteiger partial charge in [-0.05, 0) is 68.4 Å². The lowest BCUT2D eigenvalue weighted by Crippen LogP contribution is -2.33. The van der Waals surface area contributed by atoms with Crippen LogP contribution in [0.5, 0.6) is 11.5 Å². The van der Waals surface area contributed by atoms with Gasteiger partial charge in [0.05, 0.1) is 16.9 Å². The first-order valence-corrected chi connectivity index (χ1v) is 11.6. The van der Waals surface area contributed by atoms with Crippen molar-refractivity contribution in [1.82, 2.24) is 0 Å². The number of ether oxygens (including phenoxy) is 1. The maximum Gasteiger partial charge on any atom is 0.255 e. The molecule has 0 bridgehead atoms. The predicted octanol–water partition coefficient (Wildman–Crippen LogP) is 4.43. The Morgan fingerprint density at radius 3 is 2.22 bits per heavy atom. The smallest absolute Gasteiger partial charge is 0.255 e. The number of carbonyl (C=O) groups is 2. The van der Waals surface area contributed by atoms with Crippen LogP contribution in [0.1, 0.15) is 24.2 Å². The highest BCUT2D eigenvalue weighted by molar-refractivity contribution is 7.94. The molecule has 4 rings (SSSR count). The third-order valence-corrected chi connectivity index (χ3v) is 7.04. The summed E-state index contributed by atoms with van der Waals surface area (Å²) in [6, 6.07) is 22.2. The minimum atomic E-state index is -3.79. The van der Waals surface area contributed by atoms with Crippen LogP contribution in [0.25, 0.3) is 0 Å². The maximum atomic E-state index is 12.7. The molecule has 0 radical (unpaired) electrons. The van der Waals surface area contributed by atoms with Crippen molar-refractivity contribution in [2.24, 2.45) is 5.41 Å². The third kappa shape index (κ3) is 4.36. The van der Waals surface area contributed by atoms with Crippen LogP contribution in [0.2, 0.25) is 0 Å². The lowest BCUT2D eigenvalue weighted by atomic mass is 9.95. The summed E-state index contributed by atoms with van der Waals surface area (Å²) in [7, 11) is -3.79. The fraction of sp³-hybridized carbons (Fsp3) is 0.167. The van der Waals surface area contributed by atoms with E-state index in [1.165, 1.54) is 12.1 Å². The number of nitrogens with one attached hydrogen (secondary N) is 1. The molecule has 1 aliphatic heterocycles. The number of hydrogen-bond acceptors (Lipinski definition) is 5. The third-order valence-electron chi connectivity index (χ3n) is 5.02. The van der Waals surface area contributed by atoms with E-state index in [4.69, 9.17) is 4.74 Å². The average molecular weight is 451 g/mol. The van der Waals surface area contributed by atoms with Gasteiger partial charge in [0.15, 0.2) is 0 Å². The molecular weight excluding hydrogens is 428 g/mol. The SMILES string of the molecule is CC1(C)CS(=O)(=O)N(c2cccc(C(=O)Nc3ccc(Oc4ccccc4)cc3)c2)C1=O. The van der Waals surface area contributed by atoms with Crippen LogP contribution < -0.4 is 14.4 Å². The first-order valence-electron chi connectivity index (χ1n) is 9.98. The Hall–Kier alpha value is -3.65. The number of anilines is 2. The van der Waals surface area contributed by atoms with Crippen molar-refractivity contribution in [2.45, 2.75) is 13.8 Å². The fourth-order valence-electron chi connectivity index (χ4n) is 3.47. The molecule has 1 fully saturated rings. The van der Waals surface area contributed by atoms with Gasteiger partial charge in [-0.15, -0.1) is 0 Å². The molecule has 1 N–H and O–H groups in total. The molecule has 1 aliphatic rings. The van der Waals surface area contributed by atoms with Crippen molar-refractivity contribution in [3.63, 3.8) is 0 Å². The number of hydrogen-bond donors (Lipinski definition) is 1. The second kappa shape index (κ2) is 8.12. The van der Waals surface area contributed by atoms with Crippen LogP contribution in [0.15, 0.2) is 78.9 Å². The van der Waals surface area contributed by atoms with E-state index >= 15 is 0 Å². The Balaban J connectivity index is 1.49. The highest BCUT2D eigenvalue weighted by Gasteiger charge is 2.49. The summed E-state index contributed by atoms with van der Waals surface area (Å²) < 4.78 is 31.6. The zero-order valence-electron chi connectivity index (χ0n) is 17.6. The van der Waals surface area contributed by atoms with Crippen LogP contribution >= 0.6 is 0 Å². The van der Waals surface area contributed by atoms with Crippen LogP contribution in [-0.2, 0) is 14.8 Å². The zero-order chi connectivity index (χ0) is 22.9. The van der Waals surface area contributed by atoms with E-state index in [1.807, 2.05) is 30.3 Å². The Morgan fingerprint density at radius 2 is 1.59 bits per heavy atom. The van der Waals surface area contributed by atoms with Gasteiger partial charge in [-0.25, -0.2) is 12.7 Å². The highest BCUT2D eigenvalue weighted by Crippen LogP contribution is 2.36. The summed E-state index contributed by atoms with van der Waals surface area (Å²) in [5, 5.41) is 2.77. The zero-order valence-corrected chi connectivity index (χ0v) is 18.4. The van der Waals surface area contributed by atoms with Crippen molar-refractivity contribution in [3.05, 3.63) is 84.4 Å². The number of nitrogens with zero attached hydrogens (tertiary/aromatic N) is 1. The second-order valence-corrected chi connectivity index (χ2v) is 9.97. The Kier molecular flexibility index (Phi) is 5.48. The summed E-state index contributed by atoms with van der Waals surface area (Å²) in [6.45, 7) is 3.18. The lowest BCUT2D eigenvalue weighted by molar-refractivity contribution is -0.123. The minimum absolute atomic E-state index is 0.153. The molecule has 164 valence electrons. The fourth-order valence-corrected chi connectivity index (χ4v) is 5.57. The maximum absolute atomic E-state index is 12.7. The van der Waals surface area contributed by atoms with Gasteiger partial charge in [0.1, 0.15) is 11.5 Å². The molecule has 1 saturated heterocycles. The van der Waals surface area contributed by atoms with Crippen molar-refractivity contribution in [3.8, 4) is 11.5 Å². The molecule has 7 nitrogen and oxygen atoms in total. The lowest BCUT2D eigenvalue weighted by Gasteiger charge is -2.18. The van der Waals surface area contributed by atoms with Gasteiger partial charge >= 0.3 is 0 Å². The molecular formula is C24H22N2O5S. The van der Waals surface area contributed by atoms with Crippen LogP contribution in [0.3, 0.4) is 0 Å². The molecule has 3 aromatic carbocycles. The van der Waals surface area contributed by atoms with E-state index in [9.17, 15) is 18.0 Å². The van der Waals surface area contributed by atoms with E-state index in [0.29, 0.717) is 17.2 Å². The number of amides is 2. The van der Waals surface area contributed by atoms with Crippen molar-refractivity contribution in [1.29, 1.82) is 0 Å². The van der Waals surface area contributed by atoms with Crippen molar-refractivity contribution >= 4 is 33.2 Å². The predicted molar refractivity (Wildman–Crippen MR) is 122 cm³/mol. The van der Waals surface area contributed by atoms with Gasteiger partial charge < -0.3 is 10.1 Å². The molecule has 0 aliphatic carbocycles. The van der Waals surface area contributed by atoms with E-state index in [1.54, 1.807) is 50.2 Å². The number of carbonyl (C=O) groups excluding carboxylic acids is 2. The van der Waals surface area contributed by atoms with Gasteiger partial charge in [-0.1, -0.05) is 24.3 Å². The van der Waals surface area contributed by atoms with Crippen LogP contribution in [-0.4, -0.2) is 26.0 Å². The molecule has 0 atom stereocenters. The van der Waals surface area contributed by atoms with E-state index in [2.05, 4.69) is 5.32 Å². The standard InChI is InChI=1S/C24H22N2O5S/c1-24(2)16-32(29,30)26(23(24)28)19-8-6-7-17(15-19)22(27)25-18-11-13-21(14-12-18)31-20-9-4-3-5-10-20/h3-15H,16H2,1-2H3,(H,25,27). The number of sulfonamides is 1. The molecule has 0 aromatic heterocycles. The number of para-hydroxylation sites is 1. The molecule has 0 spiro atoms. The Bertz CT molecular complexity index is 1270. The molecule has 3 aromatic rings. The minimum Gasteiger partial charge on any atom is -0.457 e. The first-order chi connectivity index (χ1) is 15.2. The normalized spacial score (nSPS) is 16.6. The van der Waals surface area contributed by atoms with Gasteiger partial charge in [-0.2, -0.15) is 0 Å². The van der Waals surface area contributed by atoms with E-state index in [0.717, 1.165) is 4.31 Å². The van der Waals surface area contributed by atoms with E-state index in [-0.39, 0.29) is 17.0 Å². The highest BCUT2D eigenvalue weighted by atomic mass is 32.2. The first kappa shape index (κ1) is 21.6. The Labute approximate surface area is 186 Å². The van der Waals surface area contributed by atoms with Gasteiger partial charge in [0, 0.05) is 11.3 Å². The summed E-state index contributed by atoms with van der Waals surface area (Å²) in [5.41, 5.74) is -0.0767. The largest absolute Gasteiger partial charge is 0.457 e. The number of rotatable bonds is 5. The summed E-state index contributed by atoms with van der Waals surface area (Å²) in [4.78, 5) is 25.3. The molecule has 0 unspecified atom stereocenters. The molecule has 1 heterocycles. The summed E-state index contributed by atoms with van der Waals surface area (Å²) in [6.07, 6.45) is 0. The topological polar surface area (TPSA) is 92.8 Å². The van der Waals surface area contributed by atoms with Crippen LogP contribution in [0.4, 0.5) is 11.4 Å². The molecule has 2 amide bonds. The monoisotopic (exact) mass is 450 g/mol. The molecule has 8 heteroatoms.